The molecule has 1 fully saturated rings. The van der Waals surface area contributed by atoms with Crippen molar-refractivity contribution in [1.29, 1.82) is 0 Å². The Kier molecular flexibility index (Phi) is 7.67. The molecule has 3 N–H and O–H groups in total. The van der Waals surface area contributed by atoms with E-state index in [-0.39, 0.29) is 24.0 Å². The van der Waals surface area contributed by atoms with Crippen molar-refractivity contribution in [3.8, 4) is 0 Å². The molecule has 0 heterocycles. The summed E-state index contributed by atoms with van der Waals surface area (Å²) in [6.07, 6.45) is 5.20. The third-order valence-corrected chi connectivity index (χ3v) is 5.41. The molecule has 25 heavy (non-hydrogen) atoms. The van der Waals surface area contributed by atoms with Crippen molar-refractivity contribution < 1.29 is 19.9 Å². The summed E-state index contributed by atoms with van der Waals surface area (Å²) in [6, 6.07) is 4.37. The summed E-state index contributed by atoms with van der Waals surface area (Å²) in [6.45, 7) is -0.368. The molecule has 1 saturated carbocycles. The second kappa shape index (κ2) is 9.74. The van der Waals surface area contributed by atoms with Crippen LogP contribution in [0.2, 0.25) is 0 Å². The predicted molar refractivity (Wildman–Crippen MR) is 96.7 cm³/mol. The zero-order valence-corrected chi connectivity index (χ0v) is 14.8. The smallest absolute Gasteiger partial charge is 0.272 e. The van der Waals surface area contributed by atoms with Crippen LogP contribution < -0.4 is 5.32 Å². The topological polar surface area (TPSA) is 113 Å². The van der Waals surface area contributed by atoms with Crippen LogP contribution in [-0.4, -0.2) is 39.5 Å². The SMILES string of the molecule is O=C(CCC1CCCC1)Nc1cc(SC[C@H](O)CO)cc([N+](=O)[O-])c1. The molecule has 0 saturated heterocycles. The average molecular weight is 368 g/mol. The quantitative estimate of drug-likeness (QED) is 0.351. The van der Waals surface area contributed by atoms with Gasteiger partial charge in [-0.3, -0.25) is 14.9 Å². The number of aliphatic hydroxyl groups excluding tert-OH is 2. The average Bonchev–Trinajstić information content (AvgIpc) is 3.11. The fourth-order valence-corrected chi connectivity index (χ4v) is 3.85. The number of hydrogen-bond donors (Lipinski definition) is 3. The molecule has 138 valence electrons. The Morgan fingerprint density at radius 1 is 1.36 bits per heavy atom. The summed E-state index contributed by atoms with van der Waals surface area (Å²) >= 11 is 1.19. The number of nitro groups is 1. The second-order valence-corrected chi connectivity index (χ2v) is 7.45. The number of nitrogens with one attached hydrogen (secondary N) is 1. The maximum absolute atomic E-state index is 12.1. The largest absolute Gasteiger partial charge is 0.394 e. The first kappa shape index (κ1) is 19.7. The van der Waals surface area contributed by atoms with Crippen LogP contribution in [0.25, 0.3) is 0 Å². The Morgan fingerprint density at radius 2 is 2.08 bits per heavy atom. The maximum atomic E-state index is 12.1. The van der Waals surface area contributed by atoms with Gasteiger partial charge in [0.15, 0.2) is 0 Å². The van der Waals surface area contributed by atoms with Gasteiger partial charge in [-0.2, -0.15) is 0 Å². The Balaban J connectivity index is 1.98. The number of carbonyl (C=O) groups is 1. The summed E-state index contributed by atoms with van der Waals surface area (Å²) in [4.78, 5) is 23.2. The van der Waals surface area contributed by atoms with Crippen molar-refractivity contribution in [3.05, 3.63) is 28.3 Å². The molecule has 7 nitrogen and oxygen atoms in total. The van der Waals surface area contributed by atoms with E-state index in [4.69, 9.17) is 5.11 Å². The van der Waals surface area contributed by atoms with Crippen molar-refractivity contribution in [2.45, 2.75) is 49.5 Å². The van der Waals surface area contributed by atoms with E-state index in [9.17, 15) is 20.0 Å². The van der Waals surface area contributed by atoms with Gasteiger partial charge in [0, 0.05) is 34.9 Å². The highest BCUT2D eigenvalue weighted by atomic mass is 32.2. The molecular formula is C17H24N2O5S. The van der Waals surface area contributed by atoms with Gasteiger partial charge in [0.2, 0.25) is 5.91 Å². The van der Waals surface area contributed by atoms with E-state index in [0.717, 1.165) is 6.42 Å². The van der Waals surface area contributed by atoms with Crippen LogP contribution in [0.15, 0.2) is 23.1 Å². The van der Waals surface area contributed by atoms with Gasteiger partial charge in [-0.05, 0) is 18.4 Å². The number of thioether (sulfide) groups is 1. The molecule has 0 spiro atoms. The van der Waals surface area contributed by atoms with Crippen molar-refractivity contribution in [2.24, 2.45) is 5.92 Å². The van der Waals surface area contributed by atoms with Crippen molar-refractivity contribution in [2.75, 3.05) is 17.7 Å². The van der Waals surface area contributed by atoms with Gasteiger partial charge in [-0.15, -0.1) is 11.8 Å². The summed E-state index contributed by atoms with van der Waals surface area (Å²) < 4.78 is 0. The van der Waals surface area contributed by atoms with E-state index in [2.05, 4.69) is 5.32 Å². The maximum Gasteiger partial charge on any atom is 0.272 e. The van der Waals surface area contributed by atoms with Crippen LogP contribution in [-0.2, 0) is 4.79 Å². The minimum Gasteiger partial charge on any atom is -0.394 e. The molecule has 1 aromatic carbocycles. The molecule has 1 amide bonds. The van der Waals surface area contributed by atoms with Crippen molar-refractivity contribution in [3.63, 3.8) is 0 Å². The molecule has 0 aliphatic heterocycles. The minimum absolute atomic E-state index is 0.116. The highest BCUT2D eigenvalue weighted by Crippen LogP contribution is 2.30. The lowest BCUT2D eigenvalue weighted by Crippen LogP contribution is -2.15. The van der Waals surface area contributed by atoms with Crippen LogP contribution in [0.5, 0.6) is 0 Å². The predicted octanol–water partition coefficient (Wildman–Crippen LogP) is 2.95. The number of aliphatic hydroxyl groups is 2. The molecule has 1 aliphatic rings. The van der Waals surface area contributed by atoms with Crippen molar-refractivity contribution in [1.82, 2.24) is 0 Å². The lowest BCUT2D eigenvalue weighted by molar-refractivity contribution is -0.385. The number of anilines is 1. The number of rotatable bonds is 9. The van der Waals surface area contributed by atoms with Gasteiger partial charge >= 0.3 is 0 Å². The monoisotopic (exact) mass is 368 g/mol. The van der Waals surface area contributed by atoms with Crippen LogP contribution in [0.4, 0.5) is 11.4 Å². The van der Waals surface area contributed by atoms with Crippen LogP contribution >= 0.6 is 11.8 Å². The molecule has 1 aliphatic carbocycles. The summed E-state index contributed by atoms with van der Waals surface area (Å²) in [7, 11) is 0. The standard InChI is InChI=1S/C17H24N2O5S/c20-10-15(21)11-25-16-8-13(7-14(9-16)19(23)24)18-17(22)6-5-12-3-1-2-4-12/h7-9,12,15,20-21H,1-6,10-11H2,(H,18,22)/t15-/m1/s1. The number of amides is 1. The van der Waals surface area contributed by atoms with E-state index in [0.29, 0.717) is 22.9 Å². The summed E-state index contributed by atoms with van der Waals surface area (Å²) in [5.41, 5.74) is 0.265. The van der Waals surface area contributed by atoms with E-state index < -0.39 is 11.0 Å². The normalized spacial score (nSPS) is 15.9. The molecule has 8 heteroatoms. The van der Waals surface area contributed by atoms with E-state index >= 15 is 0 Å². The van der Waals surface area contributed by atoms with Gasteiger partial charge in [0.05, 0.1) is 17.6 Å². The van der Waals surface area contributed by atoms with Gasteiger partial charge in [-0.1, -0.05) is 25.7 Å². The molecular weight excluding hydrogens is 344 g/mol. The zero-order valence-electron chi connectivity index (χ0n) is 14.0. The number of nitrogens with zero attached hydrogens (tertiary/aromatic N) is 1. The molecule has 1 aromatic rings. The van der Waals surface area contributed by atoms with Gasteiger partial charge in [0.1, 0.15) is 0 Å². The third-order valence-electron chi connectivity index (χ3n) is 4.29. The lowest BCUT2D eigenvalue weighted by Gasteiger charge is -2.11. The second-order valence-electron chi connectivity index (χ2n) is 6.36. The molecule has 0 unspecified atom stereocenters. The van der Waals surface area contributed by atoms with Gasteiger partial charge in [-0.25, -0.2) is 0 Å². The highest BCUT2D eigenvalue weighted by Gasteiger charge is 2.17. The van der Waals surface area contributed by atoms with Crippen molar-refractivity contribution >= 4 is 29.0 Å². The molecule has 0 bridgehead atoms. The zero-order chi connectivity index (χ0) is 18.2. The van der Waals surface area contributed by atoms with Gasteiger partial charge in [0.25, 0.3) is 5.69 Å². The Bertz CT molecular complexity index is 605. The first-order valence-corrected chi connectivity index (χ1v) is 9.47. The number of nitro benzene ring substituents is 1. The minimum atomic E-state index is -0.895. The molecule has 0 aromatic heterocycles. The number of hydrogen-bond acceptors (Lipinski definition) is 6. The van der Waals surface area contributed by atoms with Crippen LogP contribution in [0.1, 0.15) is 38.5 Å². The Hall–Kier alpha value is -1.64. The molecule has 1 atom stereocenters. The number of non-ortho nitro benzene ring substituents is 1. The summed E-state index contributed by atoms with van der Waals surface area (Å²) in [5, 5.41) is 32.1. The van der Waals surface area contributed by atoms with Crippen LogP contribution in [0, 0.1) is 16.0 Å². The fourth-order valence-electron chi connectivity index (χ4n) is 2.95. The highest BCUT2D eigenvalue weighted by molar-refractivity contribution is 7.99. The molecule has 2 rings (SSSR count). The van der Waals surface area contributed by atoms with E-state index in [1.807, 2.05) is 0 Å². The van der Waals surface area contributed by atoms with Crippen LogP contribution in [0.3, 0.4) is 0 Å². The first-order valence-electron chi connectivity index (χ1n) is 8.49. The first-order chi connectivity index (χ1) is 12.0. The summed E-state index contributed by atoms with van der Waals surface area (Å²) in [5.74, 6) is 0.688. The molecule has 0 radical (unpaired) electrons. The van der Waals surface area contributed by atoms with E-state index in [1.54, 1.807) is 6.07 Å². The Morgan fingerprint density at radius 3 is 2.72 bits per heavy atom. The number of carbonyl (C=O) groups excluding carboxylic acids is 1. The fraction of sp³-hybridized carbons (Fsp3) is 0.588. The Labute approximate surface area is 151 Å². The number of benzene rings is 1. The van der Waals surface area contributed by atoms with Gasteiger partial charge < -0.3 is 15.5 Å². The third kappa shape index (κ3) is 6.64. The van der Waals surface area contributed by atoms with E-state index in [1.165, 1.54) is 49.6 Å². The lowest BCUT2D eigenvalue weighted by atomic mass is 10.0.